The van der Waals surface area contributed by atoms with E-state index in [2.05, 4.69) is 25.7 Å². The highest BCUT2D eigenvalue weighted by Crippen LogP contribution is 2.22. The zero-order valence-electron chi connectivity index (χ0n) is 11.8. The summed E-state index contributed by atoms with van der Waals surface area (Å²) in [4.78, 5) is 11.8. The number of allylic oxidation sites excluding steroid dienone is 1. The number of carbonyl (C=O) groups is 1. The Bertz CT molecular complexity index is 663. The van der Waals surface area contributed by atoms with E-state index in [1.807, 2.05) is 30.3 Å². The zero-order chi connectivity index (χ0) is 15.1. The number of benzene rings is 1. The first kappa shape index (κ1) is 15.0. The number of nitrogens with one attached hydrogen (secondary N) is 1. The van der Waals surface area contributed by atoms with Gasteiger partial charge in [0, 0.05) is 12.6 Å². The minimum Gasteiger partial charge on any atom is -0.344 e. The van der Waals surface area contributed by atoms with Gasteiger partial charge in [-0.15, -0.1) is 10.2 Å². The standard InChI is InChI=1S/C14H15N5OS/c1-3-11(17-15-2)13(20)16-9-12-18-19-14(21-12)10-7-5-4-6-8-10/h3-8H,9H2,1-2H3,(H,16,20)/b11-3-,17-15?. The van der Waals surface area contributed by atoms with E-state index >= 15 is 0 Å². The number of amides is 1. The molecule has 108 valence electrons. The molecule has 0 aliphatic heterocycles. The van der Waals surface area contributed by atoms with E-state index in [1.54, 1.807) is 13.0 Å². The molecule has 21 heavy (non-hydrogen) atoms. The molecule has 0 bridgehead atoms. The van der Waals surface area contributed by atoms with E-state index in [0.29, 0.717) is 6.54 Å². The maximum absolute atomic E-state index is 11.8. The van der Waals surface area contributed by atoms with Gasteiger partial charge in [0.1, 0.15) is 15.7 Å². The fourth-order valence-corrected chi connectivity index (χ4v) is 2.40. The Morgan fingerprint density at radius 1 is 1.33 bits per heavy atom. The molecule has 7 heteroatoms. The van der Waals surface area contributed by atoms with Crippen LogP contribution >= 0.6 is 11.3 Å². The lowest BCUT2D eigenvalue weighted by Crippen LogP contribution is -2.23. The quantitative estimate of drug-likeness (QED) is 0.681. The highest BCUT2D eigenvalue weighted by atomic mass is 32.1. The fraction of sp³-hybridized carbons (Fsp3) is 0.214. The second-order valence-electron chi connectivity index (χ2n) is 4.02. The van der Waals surface area contributed by atoms with Crippen molar-refractivity contribution < 1.29 is 4.79 Å². The summed E-state index contributed by atoms with van der Waals surface area (Å²) in [7, 11) is 1.52. The van der Waals surface area contributed by atoms with Crippen molar-refractivity contribution in [3.05, 3.63) is 47.1 Å². The highest BCUT2D eigenvalue weighted by Gasteiger charge is 2.10. The fourth-order valence-electron chi connectivity index (χ4n) is 1.61. The average molecular weight is 301 g/mol. The van der Waals surface area contributed by atoms with Crippen molar-refractivity contribution in [1.82, 2.24) is 15.5 Å². The van der Waals surface area contributed by atoms with Crippen molar-refractivity contribution >= 4 is 17.2 Å². The molecule has 0 atom stereocenters. The molecule has 2 rings (SSSR count). The SMILES string of the molecule is C/C=C(\N=NC)C(=O)NCc1nnc(-c2ccccc2)s1. The number of aromatic nitrogens is 2. The van der Waals surface area contributed by atoms with Crippen LogP contribution in [0.4, 0.5) is 0 Å². The van der Waals surface area contributed by atoms with Crippen molar-refractivity contribution in [2.45, 2.75) is 13.5 Å². The summed E-state index contributed by atoms with van der Waals surface area (Å²) in [5.74, 6) is -0.278. The van der Waals surface area contributed by atoms with Gasteiger partial charge in [-0.3, -0.25) is 4.79 Å². The molecule has 0 aliphatic rings. The molecule has 0 aliphatic carbocycles. The van der Waals surface area contributed by atoms with Crippen molar-refractivity contribution in [3.63, 3.8) is 0 Å². The molecule has 0 spiro atoms. The Hall–Kier alpha value is -2.41. The summed E-state index contributed by atoms with van der Waals surface area (Å²) in [5, 5.41) is 19.9. The minimum atomic E-state index is -0.278. The van der Waals surface area contributed by atoms with Gasteiger partial charge >= 0.3 is 0 Å². The molecular formula is C14H15N5OS. The molecule has 6 nitrogen and oxygen atoms in total. The monoisotopic (exact) mass is 301 g/mol. The third kappa shape index (κ3) is 4.03. The molecule has 0 saturated carbocycles. The molecule has 1 aromatic heterocycles. The first-order valence-electron chi connectivity index (χ1n) is 6.36. The maximum atomic E-state index is 11.8. The summed E-state index contributed by atoms with van der Waals surface area (Å²) in [6.45, 7) is 2.06. The van der Waals surface area contributed by atoms with Crippen LogP contribution in [-0.4, -0.2) is 23.2 Å². The Morgan fingerprint density at radius 3 is 2.76 bits per heavy atom. The van der Waals surface area contributed by atoms with E-state index < -0.39 is 0 Å². The van der Waals surface area contributed by atoms with E-state index in [4.69, 9.17) is 0 Å². The van der Waals surface area contributed by atoms with Gasteiger partial charge in [0.15, 0.2) is 0 Å². The van der Waals surface area contributed by atoms with Crippen LogP contribution in [0.2, 0.25) is 0 Å². The molecule has 1 heterocycles. The Labute approximate surface area is 126 Å². The summed E-state index contributed by atoms with van der Waals surface area (Å²) >= 11 is 1.45. The second-order valence-corrected chi connectivity index (χ2v) is 5.09. The van der Waals surface area contributed by atoms with E-state index in [0.717, 1.165) is 15.6 Å². The number of carbonyl (C=O) groups excluding carboxylic acids is 1. The molecule has 2 aromatic rings. The van der Waals surface area contributed by atoms with Crippen molar-refractivity contribution in [2.24, 2.45) is 10.2 Å². The largest absolute Gasteiger partial charge is 0.344 e. The predicted molar refractivity (Wildman–Crippen MR) is 81.7 cm³/mol. The lowest BCUT2D eigenvalue weighted by Gasteiger charge is -2.01. The summed E-state index contributed by atoms with van der Waals surface area (Å²) in [6, 6.07) is 9.80. The molecule has 1 amide bonds. The normalized spacial score (nSPS) is 11.8. The van der Waals surface area contributed by atoms with E-state index in [-0.39, 0.29) is 11.6 Å². The van der Waals surface area contributed by atoms with E-state index in [9.17, 15) is 4.79 Å². The van der Waals surface area contributed by atoms with Gasteiger partial charge in [0.25, 0.3) is 5.91 Å². The van der Waals surface area contributed by atoms with E-state index in [1.165, 1.54) is 18.4 Å². The lowest BCUT2D eigenvalue weighted by atomic mass is 10.2. The smallest absolute Gasteiger partial charge is 0.271 e. The Kier molecular flexibility index (Phi) is 5.28. The van der Waals surface area contributed by atoms with Gasteiger partial charge in [-0.2, -0.15) is 10.2 Å². The van der Waals surface area contributed by atoms with Crippen molar-refractivity contribution in [2.75, 3.05) is 7.05 Å². The van der Waals surface area contributed by atoms with Crippen molar-refractivity contribution in [3.8, 4) is 10.6 Å². The van der Waals surface area contributed by atoms with Crippen LogP contribution in [0, 0.1) is 0 Å². The number of rotatable bonds is 5. The maximum Gasteiger partial charge on any atom is 0.271 e. The van der Waals surface area contributed by atoms with Crippen LogP contribution < -0.4 is 5.32 Å². The molecule has 0 radical (unpaired) electrons. The Morgan fingerprint density at radius 2 is 2.10 bits per heavy atom. The molecular weight excluding hydrogens is 286 g/mol. The third-order valence-electron chi connectivity index (χ3n) is 2.60. The minimum absolute atomic E-state index is 0.278. The number of hydrogen-bond donors (Lipinski definition) is 1. The second kappa shape index (κ2) is 7.39. The summed E-state index contributed by atoms with van der Waals surface area (Å²) in [6.07, 6.45) is 1.61. The zero-order valence-corrected chi connectivity index (χ0v) is 12.6. The van der Waals surface area contributed by atoms with Crippen LogP contribution in [0.1, 0.15) is 11.9 Å². The summed E-state index contributed by atoms with van der Waals surface area (Å²) < 4.78 is 0. The first-order valence-corrected chi connectivity index (χ1v) is 7.18. The van der Waals surface area contributed by atoms with Gasteiger partial charge < -0.3 is 5.32 Å². The Balaban J connectivity index is 1.99. The average Bonchev–Trinajstić information content (AvgIpc) is 3.00. The summed E-state index contributed by atoms with van der Waals surface area (Å²) in [5.41, 5.74) is 1.30. The van der Waals surface area contributed by atoms with Gasteiger partial charge in [-0.1, -0.05) is 47.7 Å². The van der Waals surface area contributed by atoms with Crippen molar-refractivity contribution in [1.29, 1.82) is 0 Å². The number of nitrogens with zero attached hydrogens (tertiary/aromatic N) is 4. The van der Waals surface area contributed by atoms with Gasteiger partial charge in [-0.25, -0.2) is 0 Å². The van der Waals surface area contributed by atoms with Crippen LogP contribution in [0.3, 0.4) is 0 Å². The van der Waals surface area contributed by atoms with Crippen LogP contribution in [0.5, 0.6) is 0 Å². The topological polar surface area (TPSA) is 79.6 Å². The number of hydrogen-bond acceptors (Lipinski definition) is 6. The molecule has 0 fully saturated rings. The van der Waals surface area contributed by atoms with Gasteiger partial charge in [0.05, 0.1) is 6.54 Å². The molecule has 0 saturated heterocycles. The molecule has 0 unspecified atom stereocenters. The molecule has 1 N–H and O–H groups in total. The first-order chi connectivity index (χ1) is 10.2. The highest BCUT2D eigenvalue weighted by molar-refractivity contribution is 7.14. The van der Waals surface area contributed by atoms with Gasteiger partial charge in [-0.05, 0) is 6.92 Å². The molecule has 1 aromatic carbocycles. The van der Waals surface area contributed by atoms with Crippen LogP contribution in [0.25, 0.3) is 10.6 Å². The van der Waals surface area contributed by atoms with Gasteiger partial charge in [0.2, 0.25) is 0 Å². The third-order valence-corrected chi connectivity index (χ3v) is 3.57. The lowest BCUT2D eigenvalue weighted by molar-refractivity contribution is -0.117. The van der Waals surface area contributed by atoms with Crippen LogP contribution in [0.15, 0.2) is 52.3 Å². The number of azo groups is 1. The predicted octanol–water partition coefficient (Wildman–Crippen LogP) is 2.81. The van der Waals surface area contributed by atoms with Crippen LogP contribution in [-0.2, 0) is 11.3 Å².